The van der Waals surface area contributed by atoms with Crippen LogP contribution < -0.4 is 31.9 Å². The van der Waals surface area contributed by atoms with E-state index in [2.05, 4.69) is 31.9 Å². The van der Waals surface area contributed by atoms with Gasteiger partial charge in [0.1, 0.15) is 6.61 Å². The summed E-state index contributed by atoms with van der Waals surface area (Å²) in [5.41, 5.74) is 0.919. The largest absolute Gasteiger partial charge is 0.461 e. The van der Waals surface area contributed by atoms with Gasteiger partial charge in [-0.25, -0.2) is 0 Å². The molecule has 65 heavy (non-hydrogen) atoms. The van der Waals surface area contributed by atoms with E-state index < -0.39 is 29.6 Å². The van der Waals surface area contributed by atoms with Crippen molar-refractivity contribution in [3.05, 3.63) is 35.9 Å². The molecule has 1 aromatic carbocycles. The number of hydrogen-bond donors (Lipinski definition) is 6. The maximum absolute atomic E-state index is 14.2. The molecule has 6 amide bonds. The van der Waals surface area contributed by atoms with Crippen LogP contribution >= 0.6 is 0 Å². The van der Waals surface area contributed by atoms with Crippen LogP contribution in [0.25, 0.3) is 0 Å². The first-order chi connectivity index (χ1) is 31.5. The standard InChI is InChI=1S/C51H76N6O8/c1-32(58)52-40-25-11-5-19-34(40)46(59)53-41-26-12-6-20-35(41)47(60)54-42-27-13-7-21-36(42)48(61)55-43-28-14-8-22-37(43)49(62)56-44-29-15-9-23-38(44)50(63)57-45-30-16-10-24-39(45)51(64)65-31-33-17-3-2-4-18-33/h2-4,17-18,34-45H,5-16,19-31H2,1H3,(H,52,58)(H,53,59)(H,54,60)(H,55,61)(H,56,62)(H,57,63)/t34-,35-,36-,37-,38-,39-,40-,41-,42-,43-,44-,45-/m0/s1. The van der Waals surface area contributed by atoms with E-state index in [9.17, 15) is 33.6 Å². The fourth-order valence-electron chi connectivity index (χ4n) is 12.2. The second-order valence-electron chi connectivity index (χ2n) is 20.3. The number of benzene rings is 1. The Balaban J connectivity index is 0.930. The average Bonchev–Trinajstić information content (AvgIpc) is 3.31. The summed E-state index contributed by atoms with van der Waals surface area (Å²) in [4.78, 5) is 95.4. The first-order valence-electron chi connectivity index (χ1n) is 25.5. The fraction of sp³-hybridized carbons (Fsp3) is 0.745. The van der Waals surface area contributed by atoms with Gasteiger partial charge in [-0.3, -0.25) is 33.6 Å². The normalized spacial score (nSPS) is 32.9. The molecule has 6 fully saturated rings. The second kappa shape index (κ2) is 23.8. The minimum absolute atomic E-state index is 0.0945. The van der Waals surface area contributed by atoms with Crippen LogP contribution in [-0.2, 0) is 44.9 Å². The Morgan fingerprint density at radius 1 is 0.385 bits per heavy atom. The van der Waals surface area contributed by atoms with Crippen molar-refractivity contribution in [2.45, 2.75) is 204 Å². The summed E-state index contributed by atoms with van der Waals surface area (Å²) >= 11 is 0. The van der Waals surface area contributed by atoms with Gasteiger partial charge >= 0.3 is 5.97 Å². The highest BCUT2D eigenvalue weighted by atomic mass is 16.5. The van der Waals surface area contributed by atoms with Crippen LogP contribution in [-0.4, -0.2) is 77.7 Å². The average molecular weight is 901 g/mol. The van der Waals surface area contributed by atoms with E-state index in [0.717, 1.165) is 89.0 Å². The van der Waals surface area contributed by atoms with Gasteiger partial charge in [-0.15, -0.1) is 0 Å². The fourth-order valence-corrected chi connectivity index (χ4v) is 12.2. The summed E-state index contributed by atoms with van der Waals surface area (Å²) in [5, 5.41) is 19.3. The molecule has 0 aromatic heterocycles. The van der Waals surface area contributed by atoms with Crippen LogP contribution in [0.15, 0.2) is 30.3 Å². The van der Waals surface area contributed by atoms with Crippen molar-refractivity contribution in [3.63, 3.8) is 0 Å². The molecule has 358 valence electrons. The van der Waals surface area contributed by atoms with Crippen LogP contribution in [0.4, 0.5) is 0 Å². The lowest BCUT2D eigenvalue weighted by atomic mass is 9.79. The number of nitrogens with one attached hydrogen (secondary N) is 6. The van der Waals surface area contributed by atoms with E-state index in [-0.39, 0.29) is 90.2 Å². The summed E-state index contributed by atoms with van der Waals surface area (Å²) in [5.74, 6) is -3.42. The Bertz CT molecular complexity index is 1810. The first-order valence-corrected chi connectivity index (χ1v) is 25.5. The maximum Gasteiger partial charge on any atom is 0.311 e. The molecule has 0 radical (unpaired) electrons. The van der Waals surface area contributed by atoms with E-state index in [1.807, 2.05) is 30.3 Å². The zero-order valence-electron chi connectivity index (χ0n) is 38.8. The van der Waals surface area contributed by atoms with Gasteiger partial charge in [0.05, 0.1) is 35.5 Å². The van der Waals surface area contributed by atoms with Crippen LogP contribution in [0, 0.1) is 35.5 Å². The number of carbonyl (C=O) groups is 7. The molecule has 14 heteroatoms. The van der Waals surface area contributed by atoms with Crippen molar-refractivity contribution in [2.75, 3.05) is 0 Å². The summed E-state index contributed by atoms with van der Waals surface area (Å²) < 4.78 is 5.72. The van der Waals surface area contributed by atoms with E-state index in [4.69, 9.17) is 4.74 Å². The summed E-state index contributed by atoms with van der Waals surface area (Å²) in [6.45, 7) is 1.68. The van der Waals surface area contributed by atoms with Crippen LogP contribution in [0.3, 0.4) is 0 Å². The Hall–Kier alpha value is -4.49. The SMILES string of the molecule is CC(=O)N[C@H]1CCCC[C@@H]1C(=O)N[C@H]1CCCC[C@@H]1C(=O)N[C@H]1CCCC[C@@H]1C(=O)N[C@H]1CCCC[C@@H]1C(=O)N[C@H]1CCCC[C@@H]1C(=O)N[C@H]1CCCC[C@@H]1C(=O)OCc1ccccc1. The van der Waals surface area contributed by atoms with E-state index in [1.54, 1.807) is 0 Å². The van der Waals surface area contributed by atoms with E-state index >= 15 is 0 Å². The van der Waals surface area contributed by atoms with Crippen LogP contribution in [0.2, 0.25) is 0 Å². The predicted molar refractivity (Wildman–Crippen MR) is 245 cm³/mol. The zero-order valence-corrected chi connectivity index (χ0v) is 38.8. The number of esters is 1. The maximum atomic E-state index is 14.2. The zero-order chi connectivity index (χ0) is 45.7. The number of hydrogen-bond acceptors (Lipinski definition) is 8. The lowest BCUT2D eigenvalue weighted by molar-refractivity contribution is -0.152. The van der Waals surface area contributed by atoms with Crippen molar-refractivity contribution in [2.24, 2.45) is 35.5 Å². The number of carbonyl (C=O) groups excluding carboxylic acids is 7. The minimum atomic E-state index is -0.432. The Kier molecular flexibility index (Phi) is 17.7. The first kappa shape index (κ1) is 48.4. The summed E-state index contributed by atoms with van der Waals surface area (Å²) in [6.07, 6.45) is 19.1. The van der Waals surface area contributed by atoms with Crippen molar-refractivity contribution < 1.29 is 38.3 Å². The monoisotopic (exact) mass is 901 g/mol. The van der Waals surface area contributed by atoms with Crippen LogP contribution in [0.1, 0.15) is 167 Å². The lowest BCUT2D eigenvalue weighted by Crippen LogP contribution is -2.57. The smallest absolute Gasteiger partial charge is 0.311 e. The quantitative estimate of drug-likeness (QED) is 0.126. The minimum Gasteiger partial charge on any atom is -0.461 e. The van der Waals surface area contributed by atoms with E-state index in [1.165, 1.54) is 6.92 Å². The van der Waals surface area contributed by atoms with Gasteiger partial charge in [0.2, 0.25) is 35.4 Å². The summed E-state index contributed by atoms with van der Waals surface area (Å²) in [6, 6.07) is 7.74. The van der Waals surface area contributed by atoms with Gasteiger partial charge in [-0.05, 0) is 82.6 Å². The Morgan fingerprint density at radius 2 is 0.646 bits per heavy atom. The molecule has 0 spiro atoms. The third-order valence-electron chi connectivity index (χ3n) is 15.8. The summed E-state index contributed by atoms with van der Waals surface area (Å²) in [7, 11) is 0. The highest BCUT2D eigenvalue weighted by Crippen LogP contribution is 2.34. The van der Waals surface area contributed by atoms with Crippen molar-refractivity contribution >= 4 is 41.4 Å². The Labute approximate surface area is 385 Å². The number of rotatable bonds is 14. The molecule has 0 bridgehead atoms. The molecule has 6 N–H and O–H groups in total. The predicted octanol–water partition coefficient (Wildman–Crippen LogP) is 5.80. The van der Waals surface area contributed by atoms with Gasteiger partial charge in [0.25, 0.3) is 0 Å². The topological polar surface area (TPSA) is 201 Å². The molecule has 12 atom stereocenters. The van der Waals surface area contributed by atoms with Gasteiger partial charge < -0.3 is 36.6 Å². The van der Waals surface area contributed by atoms with Gasteiger partial charge in [0, 0.05) is 43.2 Å². The van der Waals surface area contributed by atoms with Gasteiger partial charge in [-0.1, -0.05) is 107 Å². The molecular formula is C51H76N6O8. The molecule has 6 aliphatic rings. The molecule has 7 rings (SSSR count). The second-order valence-corrected chi connectivity index (χ2v) is 20.3. The van der Waals surface area contributed by atoms with Crippen molar-refractivity contribution in [1.29, 1.82) is 0 Å². The van der Waals surface area contributed by atoms with E-state index in [0.29, 0.717) is 70.6 Å². The molecule has 1 aromatic rings. The third kappa shape index (κ3) is 13.1. The molecule has 6 aliphatic carbocycles. The molecule has 0 unspecified atom stereocenters. The van der Waals surface area contributed by atoms with Crippen molar-refractivity contribution in [3.8, 4) is 0 Å². The molecule has 6 saturated carbocycles. The molecular weight excluding hydrogens is 825 g/mol. The number of ether oxygens (including phenoxy) is 1. The highest BCUT2D eigenvalue weighted by Gasteiger charge is 2.43. The van der Waals surface area contributed by atoms with Crippen molar-refractivity contribution in [1.82, 2.24) is 31.9 Å². The lowest BCUT2D eigenvalue weighted by Gasteiger charge is -2.39. The molecule has 0 aliphatic heterocycles. The Morgan fingerprint density at radius 3 is 0.954 bits per heavy atom. The van der Waals surface area contributed by atoms with Gasteiger partial charge in [0.15, 0.2) is 0 Å². The molecule has 0 heterocycles. The number of amides is 6. The highest BCUT2D eigenvalue weighted by molar-refractivity contribution is 5.87. The van der Waals surface area contributed by atoms with Gasteiger partial charge in [-0.2, -0.15) is 0 Å². The molecule has 0 saturated heterocycles. The van der Waals surface area contributed by atoms with Crippen LogP contribution in [0.5, 0.6) is 0 Å². The third-order valence-corrected chi connectivity index (χ3v) is 15.8. The molecule has 14 nitrogen and oxygen atoms in total.